The van der Waals surface area contributed by atoms with E-state index in [2.05, 4.69) is 10.6 Å². The van der Waals surface area contributed by atoms with E-state index in [4.69, 9.17) is 18.9 Å². The van der Waals surface area contributed by atoms with Crippen molar-refractivity contribution < 1.29 is 42.9 Å². The lowest BCUT2D eigenvalue weighted by atomic mass is 10.1. The smallest absolute Gasteiger partial charge is 0.329 e. The second kappa shape index (κ2) is 20.4. The van der Waals surface area contributed by atoms with Crippen LogP contribution < -0.4 is 10.6 Å². The van der Waals surface area contributed by atoms with Gasteiger partial charge in [-0.05, 0) is 35.1 Å². The molecule has 0 aliphatic rings. The van der Waals surface area contributed by atoms with E-state index in [-0.39, 0.29) is 52.1 Å². The van der Waals surface area contributed by atoms with Gasteiger partial charge in [-0.3, -0.25) is 9.59 Å². The first-order valence-electron chi connectivity index (χ1n) is 16.2. The Morgan fingerprint density at radius 2 is 0.700 bits per heavy atom. The SMILES string of the molecule is O=C(NC(CCC(=O)OCc1ccccc1)C(=O)OCc1ccccc1)NC(CCC(=O)OCc1ccccc1)C(=O)OCc1ccccc1. The number of nitrogens with one attached hydrogen (secondary N) is 2. The lowest BCUT2D eigenvalue weighted by Gasteiger charge is -2.21. The number of hydrogen-bond donors (Lipinski definition) is 2. The van der Waals surface area contributed by atoms with E-state index in [1.165, 1.54) is 0 Å². The molecule has 260 valence electrons. The average molecular weight is 681 g/mol. The third-order valence-electron chi connectivity index (χ3n) is 7.39. The van der Waals surface area contributed by atoms with E-state index in [0.717, 1.165) is 22.3 Å². The highest BCUT2D eigenvalue weighted by molar-refractivity contribution is 5.87. The van der Waals surface area contributed by atoms with Gasteiger partial charge in [0.05, 0.1) is 0 Å². The van der Waals surface area contributed by atoms with Crippen molar-refractivity contribution in [3.63, 3.8) is 0 Å². The van der Waals surface area contributed by atoms with Gasteiger partial charge in [-0.1, -0.05) is 121 Å². The molecule has 4 aromatic rings. The van der Waals surface area contributed by atoms with Crippen LogP contribution in [0.2, 0.25) is 0 Å². The van der Waals surface area contributed by atoms with Gasteiger partial charge in [0.2, 0.25) is 0 Å². The normalized spacial score (nSPS) is 11.7. The lowest BCUT2D eigenvalue weighted by molar-refractivity contribution is -0.150. The minimum absolute atomic E-state index is 0.0528. The quantitative estimate of drug-likeness (QED) is 0.102. The highest BCUT2D eigenvalue weighted by Gasteiger charge is 2.28. The molecule has 2 amide bonds. The maximum absolute atomic E-state index is 13.3. The number of amides is 2. The van der Waals surface area contributed by atoms with E-state index in [1.807, 2.05) is 72.8 Å². The van der Waals surface area contributed by atoms with Gasteiger partial charge in [0.15, 0.2) is 0 Å². The Kier molecular flexibility index (Phi) is 15.0. The van der Waals surface area contributed by atoms with Gasteiger partial charge in [-0.15, -0.1) is 0 Å². The third-order valence-corrected chi connectivity index (χ3v) is 7.39. The number of urea groups is 1. The zero-order valence-electron chi connectivity index (χ0n) is 27.5. The molecule has 11 nitrogen and oxygen atoms in total. The molecule has 0 saturated carbocycles. The first-order chi connectivity index (χ1) is 24.4. The monoisotopic (exact) mass is 680 g/mol. The van der Waals surface area contributed by atoms with Crippen LogP contribution in [0.25, 0.3) is 0 Å². The summed E-state index contributed by atoms with van der Waals surface area (Å²) in [5.41, 5.74) is 3.05. The Bertz CT molecular complexity index is 1530. The van der Waals surface area contributed by atoms with Gasteiger partial charge in [0.25, 0.3) is 0 Å². The molecule has 0 heterocycles. The van der Waals surface area contributed by atoms with Crippen molar-refractivity contribution in [1.29, 1.82) is 0 Å². The van der Waals surface area contributed by atoms with Crippen LogP contribution in [-0.4, -0.2) is 42.0 Å². The molecule has 50 heavy (non-hydrogen) atoms. The van der Waals surface area contributed by atoms with Crippen LogP contribution in [0.3, 0.4) is 0 Å². The summed E-state index contributed by atoms with van der Waals surface area (Å²) in [4.78, 5) is 64.7. The maximum atomic E-state index is 13.3. The molecule has 0 bridgehead atoms. The van der Waals surface area contributed by atoms with Gasteiger partial charge >= 0.3 is 29.9 Å². The van der Waals surface area contributed by atoms with Gasteiger partial charge < -0.3 is 29.6 Å². The van der Waals surface area contributed by atoms with Crippen LogP contribution in [0.15, 0.2) is 121 Å². The molecule has 0 saturated heterocycles. The van der Waals surface area contributed by atoms with Crippen LogP contribution in [0, 0.1) is 0 Å². The van der Waals surface area contributed by atoms with Gasteiger partial charge in [0, 0.05) is 12.8 Å². The molecule has 11 heteroatoms. The standard InChI is InChI=1S/C39H40N2O9/c42-35(47-25-29-13-5-1-6-14-29)23-21-33(37(44)49-27-31-17-9-3-10-18-31)40-39(46)41-34(38(45)50-28-32-19-11-4-12-20-32)22-24-36(43)48-26-30-15-7-2-8-16-30/h1-20,33-34H,21-28H2,(H2,40,41,46). The molecule has 4 rings (SSSR count). The topological polar surface area (TPSA) is 146 Å². The maximum Gasteiger partial charge on any atom is 0.329 e. The molecule has 4 aromatic carbocycles. The predicted octanol–water partition coefficient (Wildman–Crippen LogP) is 5.56. The van der Waals surface area contributed by atoms with Gasteiger partial charge in [-0.25, -0.2) is 14.4 Å². The molecule has 2 N–H and O–H groups in total. The fraction of sp³-hybridized carbons (Fsp3) is 0.256. The molecular weight excluding hydrogens is 640 g/mol. The van der Waals surface area contributed by atoms with Crippen molar-refractivity contribution >= 4 is 29.9 Å². The van der Waals surface area contributed by atoms with E-state index >= 15 is 0 Å². The van der Waals surface area contributed by atoms with Crippen LogP contribution >= 0.6 is 0 Å². The number of benzene rings is 4. The van der Waals surface area contributed by atoms with Gasteiger partial charge in [0.1, 0.15) is 38.5 Å². The number of carbonyl (C=O) groups is 5. The van der Waals surface area contributed by atoms with E-state index < -0.39 is 42.0 Å². The van der Waals surface area contributed by atoms with Crippen molar-refractivity contribution in [2.45, 2.75) is 64.2 Å². The first kappa shape index (κ1) is 36.9. The Morgan fingerprint density at radius 1 is 0.420 bits per heavy atom. The van der Waals surface area contributed by atoms with Crippen molar-refractivity contribution in [1.82, 2.24) is 10.6 Å². The zero-order valence-corrected chi connectivity index (χ0v) is 27.5. The number of hydrogen-bond acceptors (Lipinski definition) is 9. The molecule has 0 radical (unpaired) electrons. The van der Waals surface area contributed by atoms with E-state index in [0.29, 0.717) is 0 Å². The summed E-state index contributed by atoms with van der Waals surface area (Å²) >= 11 is 0. The Labute approximate surface area is 290 Å². The fourth-order valence-electron chi connectivity index (χ4n) is 4.66. The van der Waals surface area contributed by atoms with Crippen molar-refractivity contribution in [2.24, 2.45) is 0 Å². The second-order valence-electron chi connectivity index (χ2n) is 11.3. The van der Waals surface area contributed by atoms with E-state index in [1.54, 1.807) is 48.5 Å². The third kappa shape index (κ3) is 13.6. The molecule has 0 fully saturated rings. The van der Waals surface area contributed by atoms with Crippen LogP contribution in [0.4, 0.5) is 4.79 Å². The zero-order chi connectivity index (χ0) is 35.4. The summed E-state index contributed by atoms with van der Waals surface area (Å²) in [6.07, 6.45) is -0.671. The van der Waals surface area contributed by atoms with Gasteiger partial charge in [-0.2, -0.15) is 0 Å². The Hall–Kier alpha value is -5.97. The molecule has 2 atom stereocenters. The Balaban J connectivity index is 1.38. The van der Waals surface area contributed by atoms with Crippen LogP contribution in [-0.2, 0) is 64.6 Å². The predicted molar refractivity (Wildman–Crippen MR) is 183 cm³/mol. The number of ether oxygens (including phenoxy) is 4. The van der Waals surface area contributed by atoms with E-state index in [9.17, 15) is 24.0 Å². The molecule has 0 aromatic heterocycles. The first-order valence-corrected chi connectivity index (χ1v) is 16.2. The molecule has 0 aliphatic carbocycles. The largest absolute Gasteiger partial charge is 0.461 e. The molecule has 2 unspecified atom stereocenters. The summed E-state index contributed by atoms with van der Waals surface area (Å²) < 4.78 is 21.6. The molecule has 0 aliphatic heterocycles. The summed E-state index contributed by atoms with van der Waals surface area (Å²) in [7, 11) is 0. The minimum atomic E-state index is -1.26. The lowest BCUT2D eigenvalue weighted by Crippen LogP contribution is -2.52. The fourth-order valence-corrected chi connectivity index (χ4v) is 4.66. The highest BCUT2D eigenvalue weighted by atomic mass is 16.5. The van der Waals surface area contributed by atoms with Crippen LogP contribution in [0.5, 0.6) is 0 Å². The van der Waals surface area contributed by atoms with Crippen LogP contribution in [0.1, 0.15) is 47.9 Å². The minimum Gasteiger partial charge on any atom is -0.461 e. The summed E-state index contributed by atoms with van der Waals surface area (Å²) in [5, 5.41) is 5.04. The summed E-state index contributed by atoms with van der Waals surface area (Å²) in [6, 6.07) is 32.7. The second-order valence-corrected chi connectivity index (χ2v) is 11.3. The average Bonchev–Trinajstić information content (AvgIpc) is 3.16. The van der Waals surface area contributed by atoms with Crippen molar-refractivity contribution in [3.05, 3.63) is 144 Å². The number of carbonyl (C=O) groups excluding carboxylic acids is 5. The molecule has 0 spiro atoms. The highest BCUT2D eigenvalue weighted by Crippen LogP contribution is 2.11. The summed E-state index contributed by atoms with van der Waals surface area (Å²) in [5.74, 6) is -2.72. The van der Waals surface area contributed by atoms with Crippen molar-refractivity contribution in [2.75, 3.05) is 0 Å². The molecular formula is C39H40N2O9. The Morgan fingerprint density at radius 3 is 1.00 bits per heavy atom. The van der Waals surface area contributed by atoms with Crippen molar-refractivity contribution in [3.8, 4) is 0 Å². The summed E-state index contributed by atoms with van der Waals surface area (Å²) in [6.45, 7) is -0.0105. The number of esters is 4. The number of rotatable bonds is 18.